The molecule has 0 radical (unpaired) electrons. The van der Waals surface area contributed by atoms with E-state index < -0.39 is 23.4 Å². The lowest BCUT2D eigenvalue weighted by atomic mass is 10.1. The molecule has 0 saturated carbocycles. The summed E-state index contributed by atoms with van der Waals surface area (Å²) >= 11 is 0. The maximum atomic E-state index is 12.2. The predicted molar refractivity (Wildman–Crippen MR) is 101 cm³/mol. The Morgan fingerprint density at radius 1 is 1.21 bits per heavy atom. The van der Waals surface area contributed by atoms with E-state index >= 15 is 0 Å². The van der Waals surface area contributed by atoms with Crippen LogP contribution in [-0.4, -0.2) is 37.1 Å². The molecule has 2 aromatic rings. The standard InChI is InChI=1S/C19H17N3O7/c1-3-28-16-7-4-12(9-17(16)27-2)19(24)29-11-18(23)21-15-6-5-14(22(25)26)8-13(15)10-20/h4-9H,3,11H2,1-2H3,(H,21,23). The molecule has 1 amide bonds. The molecule has 0 bridgehead atoms. The summed E-state index contributed by atoms with van der Waals surface area (Å²) in [6.07, 6.45) is 0. The highest BCUT2D eigenvalue weighted by Crippen LogP contribution is 2.28. The second-order valence-corrected chi connectivity index (χ2v) is 5.52. The van der Waals surface area contributed by atoms with Crippen molar-refractivity contribution in [1.29, 1.82) is 5.26 Å². The number of nitriles is 1. The first-order chi connectivity index (χ1) is 13.9. The highest BCUT2D eigenvalue weighted by Gasteiger charge is 2.16. The van der Waals surface area contributed by atoms with Gasteiger partial charge >= 0.3 is 5.97 Å². The highest BCUT2D eigenvalue weighted by atomic mass is 16.6. The zero-order valence-corrected chi connectivity index (χ0v) is 15.6. The van der Waals surface area contributed by atoms with Gasteiger partial charge in [-0.3, -0.25) is 14.9 Å². The van der Waals surface area contributed by atoms with Crippen LogP contribution in [-0.2, 0) is 9.53 Å². The average molecular weight is 399 g/mol. The third-order valence-corrected chi connectivity index (χ3v) is 3.64. The van der Waals surface area contributed by atoms with E-state index in [1.807, 2.05) is 6.92 Å². The Hall–Kier alpha value is -4.13. The molecule has 0 fully saturated rings. The maximum Gasteiger partial charge on any atom is 0.338 e. The van der Waals surface area contributed by atoms with Crippen LogP contribution in [0.25, 0.3) is 0 Å². The van der Waals surface area contributed by atoms with Crippen molar-refractivity contribution in [2.75, 3.05) is 25.6 Å². The summed E-state index contributed by atoms with van der Waals surface area (Å²) in [5.41, 5.74) is -0.140. The van der Waals surface area contributed by atoms with E-state index in [9.17, 15) is 19.7 Å². The molecule has 0 aliphatic carbocycles. The molecule has 29 heavy (non-hydrogen) atoms. The molecule has 0 spiro atoms. The van der Waals surface area contributed by atoms with Crippen molar-refractivity contribution in [2.24, 2.45) is 0 Å². The van der Waals surface area contributed by atoms with Gasteiger partial charge in [0.2, 0.25) is 0 Å². The second kappa shape index (κ2) is 9.70. The zero-order chi connectivity index (χ0) is 21.4. The number of esters is 1. The lowest BCUT2D eigenvalue weighted by Gasteiger charge is -2.11. The molecule has 10 nitrogen and oxygen atoms in total. The number of methoxy groups -OCH3 is 1. The third-order valence-electron chi connectivity index (χ3n) is 3.64. The van der Waals surface area contributed by atoms with E-state index in [0.717, 1.165) is 12.1 Å². The van der Waals surface area contributed by atoms with Crippen LogP contribution in [0, 0.1) is 21.4 Å². The van der Waals surface area contributed by atoms with Gasteiger partial charge in [-0.15, -0.1) is 0 Å². The summed E-state index contributed by atoms with van der Waals surface area (Å²) in [7, 11) is 1.43. The van der Waals surface area contributed by atoms with Crippen molar-refractivity contribution in [3.8, 4) is 17.6 Å². The number of nitro groups is 1. The Labute approximate surface area is 165 Å². The maximum absolute atomic E-state index is 12.2. The molecular formula is C19H17N3O7. The van der Waals surface area contributed by atoms with E-state index in [4.69, 9.17) is 19.5 Å². The van der Waals surface area contributed by atoms with Gasteiger partial charge in [-0.1, -0.05) is 0 Å². The van der Waals surface area contributed by atoms with Gasteiger partial charge in [0.25, 0.3) is 11.6 Å². The highest BCUT2D eigenvalue weighted by molar-refractivity contribution is 5.96. The molecular weight excluding hydrogens is 382 g/mol. The number of amides is 1. The van der Waals surface area contributed by atoms with Gasteiger partial charge in [0, 0.05) is 12.1 Å². The van der Waals surface area contributed by atoms with Crippen LogP contribution < -0.4 is 14.8 Å². The quantitative estimate of drug-likeness (QED) is 0.406. The van der Waals surface area contributed by atoms with E-state index in [1.54, 1.807) is 12.1 Å². The lowest BCUT2D eigenvalue weighted by Crippen LogP contribution is -2.21. The molecule has 0 saturated heterocycles. The van der Waals surface area contributed by atoms with Gasteiger partial charge < -0.3 is 19.5 Å². The van der Waals surface area contributed by atoms with Gasteiger partial charge in [-0.2, -0.15) is 5.26 Å². The van der Waals surface area contributed by atoms with Crippen LogP contribution in [0.2, 0.25) is 0 Å². The Kier molecular flexibility index (Phi) is 7.08. The number of nitrogens with one attached hydrogen (secondary N) is 1. The summed E-state index contributed by atoms with van der Waals surface area (Å²) < 4.78 is 15.5. The number of anilines is 1. The minimum Gasteiger partial charge on any atom is -0.493 e. The molecule has 0 aliphatic heterocycles. The molecule has 0 aliphatic rings. The number of rotatable bonds is 8. The van der Waals surface area contributed by atoms with E-state index in [1.165, 1.54) is 25.3 Å². The Morgan fingerprint density at radius 3 is 2.59 bits per heavy atom. The molecule has 0 aromatic heterocycles. The molecule has 2 aromatic carbocycles. The number of non-ortho nitro benzene ring substituents is 1. The molecule has 1 N–H and O–H groups in total. The fourth-order valence-electron chi connectivity index (χ4n) is 2.32. The van der Waals surface area contributed by atoms with Crippen LogP contribution in [0.15, 0.2) is 36.4 Å². The molecule has 0 unspecified atom stereocenters. The number of hydrogen-bond acceptors (Lipinski definition) is 8. The number of nitro benzene ring substituents is 1. The average Bonchev–Trinajstić information content (AvgIpc) is 2.72. The third kappa shape index (κ3) is 5.43. The summed E-state index contributed by atoms with van der Waals surface area (Å²) in [5, 5.41) is 22.2. The van der Waals surface area contributed by atoms with Crippen molar-refractivity contribution < 1.29 is 28.7 Å². The molecule has 2 rings (SSSR count). The summed E-state index contributed by atoms with van der Waals surface area (Å²) in [4.78, 5) is 34.3. The van der Waals surface area contributed by atoms with Crippen LogP contribution in [0.4, 0.5) is 11.4 Å². The second-order valence-electron chi connectivity index (χ2n) is 5.52. The monoisotopic (exact) mass is 399 g/mol. The van der Waals surface area contributed by atoms with Gasteiger partial charge in [0.05, 0.1) is 35.5 Å². The van der Waals surface area contributed by atoms with Crippen molar-refractivity contribution in [2.45, 2.75) is 6.92 Å². The first kappa shape index (κ1) is 21.2. The molecule has 150 valence electrons. The number of nitrogens with zero attached hydrogens (tertiary/aromatic N) is 2. The minimum absolute atomic E-state index is 0.0712. The Bertz CT molecular complexity index is 982. The summed E-state index contributed by atoms with van der Waals surface area (Å²) in [6.45, 7) is 1.62. The molecule has 10 heteroatoms. The normalized spacial score (nSPS) is 9.83. The van der Waals surface area contributed by atoms with E-state index in [-0.39, 0.29) is 22.5 Å². The number of benzene rings is 2. The topological polar surface area (TPSA) is 141 Å². The number of carbonyl (C=O) groups excluding carboxylic acids is 2. The largest absolute Gasteiger partial charge is 0.493 e. The fraction of sp³-hybridized carbons (Fsp3) is 0.211. The first-order valence-electron chi connectivity index (χ1n) is 8.36. The van der Waals surface area contributed by atoms with Crippen molar-refractivity contribution in [1.82, 2.24) is 0 Å². The molecule has 0 atom stereocenters. The van der Waals surface area contributed by atoms with Crippen molar-refractivity contribution in [3.05, 3.63) is 57.6 Å². The smallest absolute Gasteiger partial charge is 0.338 e. The SMILES string of the molecule is CCOc1ccc(C(=O)OCC(=O)Nc2ccc([N+](=O)[O-])cc2C#N)cc1OC. The first-order valence-corrected chi connectivity index (χ1v) is 8.36. The zero-order valence-electron chi connectivity index (χ0n) is 15.6. The van der Waals surface area contributed by atoms with Crippen molar-refractivity contribution >= 4 is 23.3 Å². The fourth-order valence-corrected chi connectivity index (χ4v) is 2.32. The number of ether oxygens (including phenoxy) is 3. The lowest BCUT2D eigenvalue weighted by molar-refractivity contribution is -0.384. The van der Waals surface area contributed by atoms with E-state index in [2.05, 4.69) is 5.32 Å². The van der Waals surface area contributed by atoms with Crippen molar-refractivity contribution in [3.63, 3.8) is 0 Å². The van der Waals surface area contributed by atoms with Crippen LogP contribution in [0.5, 0.6) is 11.5 Å². The Balaban J connectivity index is 2.01. The minimum atomic E-state index is -0.759. The predicted octanol–water partition coefficient (Wildman–Crippen LogP) is 2.67. The van der Waals surface area contributed by atoms with Gasteiger partial charge in [-0.05, 0) is 31.2 Å². The summed E-state index contributed by atoms with van der Waals surface area (Å²) in [5.74, 6) is -0.658. The molecule has 0 heterocycles. The Morgan fingerprint density at radius 2 is 1.97 bits per heavy atom. The van der Waals surface area contributed by atoms with Crippen LogP contribution >= 0.6 is 0 Å². The van der Waals surface area contributed by atoms with Gasteiger partial charge in [0.1, 0.15) is 6.07 Å². The van der Waals surface area contributed by atoms with Gasteiger partial charge in [-0.25, -0.2) is 4.79 Å². The van der Waals surface area contributed by atoms with Gasteiger partial charge in [0.15, 0.2) is 18.1 Å². The van der Waals surface area contributed by atoms with E-state index in [0.29, 0.717) is 18.1 Å². The summed E-state index contributed by atoms with van der Waals surface area (Å²) in [6, 6.07) is 9.62. The van der Waals surface area contributed by atoms with Crippen LogP contribution in [0.1, 0.15) is 22.8 Å². The number of hydrogen-bond donors (Lipinski definition) is 1. The number of carbonyl (C=O) groups is 2. The van der Waals surface area contributed by atoms with Crippen LogP contribution in [0.3, 0.4) is 0 Å².